The molecule has 2 rings (SSSR count). The van der Waals surface area contributed by atoms with Crippen molar-refractivity contribution in [3.63, 3.8) is 0 Å². The van der Waals surface area contributed by atoms with Gasteiger partial charge in [0.05, 0.1) is 12.2 Å². The normalized spacial score (nSPS) is 26.2. The Balaban J connectivity index is 1.80. The molecular formula is C40H60O2. The molecule has 0 radical (unpaired) electrons. The molecule has 0 saturated heterocycles. The van der Waals surface area contributed by atoms with Gasteiger partial charge in [-0.15, -0.1) is 0 Å². The first-order chi connectivity index (χ1) is 19.6. The van der Waals surface area contributed by atoms with Crippen LogP contribution < -0.4 is 0 Å². The summed E-state index contributed by atoms with van der Waals surface area (Å²) in [6.45, 7) is 22.1. The lowest BCUT2D eigenvalue weighted by Crippen LogP contribution is -2.33. The van der Waals surface area contributed by atoms with Crippen molar-refractivity contribution in [2.75, 3.05) is 0 Å². The Morgan fingerprint density at radius 3 is 2.14 bits per heavy atom. The van der Waals surface area contributed by atoms with Gasteiger partial charge in [0.25, 0.3) is 0 Å². The smallest absolute Gasteiger partial charge is 0.0728 e. The summed E-state index contributed by atoms with van der Waals surface area (Å²) in [6, 6.07) is 0. The van der Waals surface area contributed by atoms with Crippen LogP contribution in [0.15, 0.2) is 106 Å². The van der Waals surface area contributed by atoms with Gasteiger partial charge in [-0.2, -0.15) is 0 Å². The van der Waals surface area contributed by atoms with Gasteiger partial charge in [0.1, 0.15) is 0 Å². The molecule has 3 atom stereocenters. The highest BCUT2D eigenvalue weighted by Crippen LogP contribution is 2.44. The van der Waals surface area contributed by atoms with E-state index in [0.29, 0.717) is 5.92 Å². The Morgan fingerprint density at radius 2 is 1.48 bits per heavy atom. The van der Waals surface area contributed by atoms with Gasteiger partial charge in [0, 0.05) is 0 Å². The molecule has 2 nitrogen and oxygen atoms in total. The summed E-state index contributed by atoms with van der Waals surface area (Å²) in [7, 11) is 0. The van der Waals surface area contributed by atoms with Crippen LogP contribution in [0.2, 0.25) is 0 Å². The van der Waals surface area contributed by atoms with Gasteiger partial charge in [-0.3, -0.25) is 0 Å². The average molecular weight is 573 g/mol. The van der Waals surface area contributed by atoms with E-state index in [9.17, 15) is 10.2 Å². The average Bonchev–Trinajstić information content (AvgIpc) is 2.84. The number of aliphatic hydroxyl groups excluding tert-OH is 2. The minimum absolute atomic E-state index is 0.0121. The van der Waals surface area contributed by atoms with E-state index in [1.54, 1.807) is 0 Å². The van der Waals surface area contributed by atoms with E-state index in [1.165, 1.54) is 39.0 Å². The van der Waals surface area contributed by atoms with E-state index in [-0.39, 0.29) is 23.0 Å². The summed E-state index contributed by atoms with van der Waals surface area (Å²) in [6.07, 6.45) is 30.3. The van der Waals surface area contributed by atoms with Crippen LogP contribution in [-0.2, 0) is 0 Å². The van der Waals surface area contributed by atoms with Gasteiger partial charge in [-0.05, 0) is 109 Å². The maximum Gasteiger partial charge on any atom is 0.0728 e. The van der Waals surface area contributed by atoms with E-state index in [4.69, 9.17) is 0 Å². The number of aliphatic hydroxyl groups is 2. The quantitative estimate of drug-likeness (QED) is 0.180. The Bertz CT molecular complexity index is 1190. The van der Waals surface area contributed by atoms with Gasteiger partial charge in [-0.1, -0.05) is 128 Å². The van der Waals surface area contributed by atoms with Crippen LogP contribution in [-0.4, -0.2) is 22.4 Å². The molecule has 0 spiro atoms. The van der Waals surface area contributed by atoms with E-state index in [2.05, 4.69) is 136 Å². The topological polar surface area (TPSA) is 40.5 Å². The third kappa shape index (κ3) is 12.1. The molecule has 2 N–H and O–H groups in total. The fourth-order valence-corrected chi connectivity index (χ4v) is 6.78. The first-order valence-electron chi connectivity index (χ1n) is 16.0. The fraction of sp³-hybridized carbons (Fsp3) is 0.550. The summed E-state index contributed by atoms with van der Waals surface area (Å²) in [5, 5.41) is 20.2. The van der Waals surface area contributed by atoms with Crippen LogP contribution in [0.25, 0.3) is 0 Å². The molecule has 0 unspecified atom stereocenters. The molecule has 42 heavy (non-hydrogen) atoms. The Morgan fingerprint density at radius 1 is 0.833 bits per heavy atom. The zero-order valence-electron chi connectivity index (χ0n) is 28.4. The SMILES string of the molecule is CC1=C[C@H](O)CC(C)(C)[C@H]1CC/C(C)=C/CC/C(C)=C/C=C/C=C(C)/C=C/C=C(C)/C=C/C1=C(C)C[C@H](O)CC1(C)C. The molecule has 0 aliphatic heterocycles. The lowest BCUT2D eigenvalue weighted by atomic mass is 9.66. The second-order valence-electron chi connectivity index (χ2n) is 14.4. The van der Waals surface area contributed by atoms with Crippen LogP contribution in [0.3, 0.4) is 0 Å². The van der Waals surface area contributed by atoms with E-state index >= 15 is 0 Å². The zero-order valence-corrected chi connectivity index (χ0v) is 28.4. The summed E-state index contributed by atoms with van der Waals surface area (Å²) in [5.74, 6) is 0.553. The lowest BCUT2D eigenvalue weighted by Gasteiger charge is -2.40. The number of allylic oxidation sites excluding steroid dienone is 16. The first-order valence-corrected chi connectivity index (χ1v) is 16.0. The summed E-state index contributed by atoms with van der Waals surface area (Å²) >= 11 is 0. The molecular weight excluding hydrogens is 512 g/mol. The Labute approximate surface area is 258 Å². The van der Waals surface area contributed by atoms with Gasteiger partial charge in [0.2, 0.25) is 0 Å². The summed E-state index contributed by atoms with van der Waals surface area (Å²) < 4.78 is 0. The number of hydrogen-bond donors (Lipinski definition) is 2. The van der Waals surface area contributed by atoms with Crippen LogP contribution >= 0.6 is 0 Å². The molecule has 0 aromatic rings. The second-order valence-corrected chi connectivity index (χ2v) is 14.4. The molecule has 0 aromatic heterocycles. The van der Waals surface area contributed by atoms with Crippen molar-refractivity contribution in [3.8, 4) is 0 Å². The fourth-order valence-electron chi connectivity index (χ4n) is 6.78. The lowest BCUT2D eigenvalue weighted by molar-refractivity contribution is 0.0982. The molecule has 0 saturated carbocycles. The van der Waals surface area contributed by atoms with Crippen LogP contribution in [0.1, 0.15) is 114 Å². The molecule has 232 valence electrons. The maximum absolute atomic E-state index is 10.1. The Kier molecular flexibility index (Phi) is 14.0. The highest BCUT2D eigenvalue weighted by atomic mass is 16.3. The largest absolute Gasteiger partial charge is 0.393 e. The van der Waals surface area contributed by atoms with E-state index in [1.807, 2.05) is 0 Å². The molecule has 0 fully saturated rings. The van der Waals surface area contributed by atoms with Crippen LogP contribution in [0.4, 0.5) is 0 Å². The molecule has 0 bridgehead atoms. The maximum atomic E-state index is 10.1. The molecule has 0 amide bonds. The van der Waals surface area contributed by atoms with Crippen molar-refractivity contribution in [3.05, 3.63) is 106 Å². The molecule has 2 heteroatoms. The van der Waals surface area contributed by atoms with Crippen molar-refractivity contribution >= 4 is 0 Å². The van der Waals surface area contributed by atoms with Crippen LogP contribution in [0.5, 0.6) is 0 Å². The van der Waals surface area contributed by atoms with Crippen molar-refractivity contribution in [1.82, 2.24) is 0 Å². The van der Waals surface area contributed by atoms with Crippen LogP contribution in [0, 0.1) is 16.7 Å². The van der Waals surface area contributed by atoms with Crippen molar-refractivity contribution < 1.29 is 10.2 Å². The molecule has 2 aliphatic rings. The van der Waals surface area contributed by atoms with Gasteiger partial charge in [-0.25, -0.2) is 0 Å². The van der Waals surface area contributed by atoms with Crippen molar-refractivity contribution in [1.29, 1.82) is 0 Å². The molecule has 0 heterocycles. The predicted octanol–water partition coefficient (Wildman–Crippen LogP) is 10.9. The Hall–Kier alpha value is -2.42. The predicted molar refractivity (Wildman–Crippen MR) is 184 cm³/mol. The highest BCUT2D eigenvalue weighted by molar-refractivity contribution is 5.38. The van der Waals surface area contributed by atoms with Gasteiger partial charge >= 0.3 is 0 Å². The molecule has 0 aromatic carbocycles. The molecule has 2 aliphatic carbocycles. The minimum atomic E-state index is -0.286. The first kappa shape index (κ1) is 35.8. The number of hydrogen-bond acceptors (Lipinski definition) is 2. The zero-order chi connectivity index (χ0) is 31.5. The van der Waals surface area contributed by atoms with Gasteiger partial charge in [0.15, 0.2) is 0 Å². The van der Waals surface area contributed by atoms with E-state index < -0.39 is 0 Å². The highest BCUT2D eigenvalue weighted by Gasteiger charge is 2.35. The standard InChI is InChI=1S/C40H60O2/c1-29(17-13-19-31(3)21-23-37-33(5)25-35(41)27-39(37,7)8)15-11-12-16-30(2)18-14-20-32(4)22-24-38-34(6)26-36(42)28-40(38,9)10/h11-13,15-17,19-21,23,26,35-36,38,41-42H,14,18,22,24-25,27-28H2,1-10H3/b12-11+,17-13+,23-21+,29-15+,30-16+,31-19+,32-20+/t35-,36-,38-/m0/s1. The van der Waals surface area contributed by atoms with Crippen molar-refractivity contribution in [2.24, 2.45) is 16.7 Å². The third-order valence-electron chi connectivity index (χ3n) is 9.10. The number of rotatable bonds is 12. The second kappa shape index (κ2) is 16.4. The third-order valence-corrected chi connectivity index (χ3v) is 9.10. The summed E-state index contributed by atoms with van der Waals surface area (Å²) in [5.41, 5.74) is 9.47. The minimum Gasteiger partial charge on any atom is -0.393 e. The van der Waals surface area contributed by atoms with E-state index in [0.717, 1.165) is 44.9 Å². The van der Waals surface area contributed by atoms with Crippen molar-refractivity contribution in [2.45, 2.75) is 126 Å². The van der Waals surface area contributed by atoms with Gasteiger partial charge < -0.3 is 10.2 Å². The summed E-state index contributed by atoms with van der Waals surface area (Å²) in [4.78, 5) is 0. The monoisotopic (exact) mass is 572 g/mol.